The van der Waals surface area contributed by atoms with Crippen molar-refractivity contribution in [2.45, 2.75) is 0 Å². The van der Waals surface area contributed by atoms with E-state index in [4.69, 9.17) is 9.47 Å². The third kappa shape index (κ3) is 3.80. The maximum Gasteiger partial charge on any atom is 0.168 e. The van der Waals surface area contributed by atoms with Gasteiger partial charge in [0.15, 0.2) is 11.6 Å². The number of methoxy groups -OCH3 is 2. The molecule has 0 fully saturated rings. The molecule has 150 valence electrons. The van der Waals surface area contributed by atoms with Gasteiger partial charge < -0.3 is 20.1 Å². The zero-order chi connectivity index (χ0) is 21.7. The molecule has 8 heteroatoms. The molecule has 3 aromatic carbocycles. The minimum absolute atomic E-state index is 0.307. The fourth-order valence-corrected chi connectivity index (χ4v) is 2.84. The molecule has 0 bridgehead atoms. The fourth-order valence-electron chi connectivity index (χ4n) is 2.84. The van der Waals surface area contributed by atoms with Crippen LogP contribution in [0.1, 0.15) is 11.1 Å². The summed E-state index contributed by atoms with van der Waals surface area (Å²) in [5.41, 5.74) is -1.25. The summed E-state index contributed by atoms with van der Waals surface area (Å²) in [5, 5.41) is 24.1. The average molecular weight is 406 g/mol. The quantitative estimate of drug-likeness (QED) is 0.584. The van der Waals surface area contributed by atoms with Crippen molar-refractivity contribution in [3.8, 4) is 23.6 Å². The molecule has 0 aliphatic rings. The van der Waals surface area contributed by atoms with Gasteiger partial charge in [-0.3, -0.25) is 0 Å². The van der Waals surface area contributed by atoms with Crippen molar-refractivity contribution in [3.05, 3.63) is 71.3 Å². The summed E-state index contributed by atoms with van der Waals surface area (Å²) >= 11 is 0. The van der Waals surface area contributed by atoms with E-state index in [9.17, 15) is 10.5 Å². The lowest BCUT2D eigenvalue weighted by molar-refractivity contribution is 0.395. The number of benzene rings is 3. The maximum atomic E-state index is 15.2. The summed E-state index contributed by atoms with van der Waals surface area (Å²) in [4.78, 5) is 0. The van der Waals surface area contributed by atoms with E-state index in [1.807, 2.05) is 0 Å². The molecule has 0 saturated carbocycles. The largest absolute Gasteiger partial charge is 0.497 e. The van der Waals surface area contributed by atoms with E-state index in [1.54, 1.807) is 60.7 Å². The van der Waals surface area contributed by atoms with Gasteiger partial charge in [0.2, 0.25) is 0 Å². The lowest BCUT2D eigenvalue weighted by atomic mass is 10.0. The van der Waals surface area contributed by atoms with E-state index in [1.165, 1.54) is 14.2 Å². The van der Waals surface area contributed by atoms with Crippen molar-refractivity contribution in [2.24, 2.45) is 0 Å². The Labute approximate surface area is 171 Å². The molecule has 2 N–H and O–H groups in total. The van der Waals surface area contributed by atoms with Gasteiger partial charge in [0, 0.05) is 11.8 Å². The number of ether oxygens (including phenoxy) is 2. The van der Waals surface area contributed by atoms with Crippen LogP contribution in [0.3, 0.4) is 0 Å². The first-order chi connectivity index (χ1) is 14.5. The van der Waals surface area contributed by atoms with Crippen LogP contribution in [-0.2, 0) is 0 Å². The Bertz CT molecular complexity index is 1170. The van der Waals surface area contributed by atoms with E-state index in [2.05, 4.69) is 10.6 Å². The molecular formula is C22H16F2N4O2. The number of nitriles is 2. The van der Waals surface area contributed by atoms with Gasteiger partial charge in [-0.2, -0.15) is 10.5 Å². The monoisotopic (exact) mass is 406 g/mol. The number of anilines is 4. The van der Waals surface area contributed by atoms with Crippen LogP contribution in [0.5, 0.6) is 11.5 Å². The zero-order valence-corrected chi connectivity index (χ0v) is 16.1. The molecule has 30 heavy (non-hydrogen) atoms. The van der Waals surface area contributed by atoms with Crippen molar-refractivity contribution in [1.82, 2.24) is 0 Å². The van der Waals surface area contributed by atoms with Crippen molar-refractivity contribution >= 4 is 22.7 Å². The van der Waals surface area contributed by atoms with Gasteiger partial charge in [0.1, 0.15) is 46.1 Å². The molecule has 6 nitrogen and oxygen atoms in total. The minimum atomic E-state index is -1.06. The highest BCUT2D eigenvalue weighted by Gasteiger charge is 2.26. The third-order valence-corrected chi connectivity index (χ3v) is 4.31. The molecule has 0 aromatic heterocycles. The van der Waals surface area contributed by atoms with Gasteiger partial charge in [0.25, 0.3) is 0 Å². The fraction of sp³-hybridized carbons (Fsp3) is 0.0909. The Morgan fingerprint density at radius 2 is 1.40 bits per heavy atom. The van der Waals surface area contributed by atoms with Crippen LogP contribution in [0.15, 0.2) is 48.5 Å². The van der Waals surface area contributed by atoms with Gasteiger partial charge in [-0.05, 0) is 24.3 Å². The lowest BCUT2D eigenvalue weighted by Gasteiger charge is -2.19. The molecule has 3 aromatic rings. The second-order valence-electron chi connectivity index (χ2n) is 6.03. The molecule has 0 atom stereocenters. The van der Waals surface area contributed by atoms with Crippen molar-refractivity contribution in [3.63, 3.8) is 0 Å². The molecule has 0 spiro atoms. The maximum absolute atomic E-state index is 15.2. The highest BCUT2D eigenvalue weighted by molar-refractivity contribution is 5.84. The van der Waals surface area contributed by atoms with Crippen LogP contribution in [0, 0.1) is 34.3 Å². The predicted molar refractivity (Wildman–Crippen MR) is 108 cm³/mol. The zero-order valence-electron chi connectivity index (χ0n) is 16.1. The van der Waals surface area contributed by atoms with Crippen LogP contribution in [-0.4, -0.2) is 14.2 Å². The lowest BCUT2D eigenvalue weighted by Crippen LogP contribution is -2.08. The Morgan fingerprint density at radius 1 is 0.800 bits per heavy atom. The molecule has 0 heterocycles. The molecule has 3 rings (SSSR count). The van der Waals surface area contributed by atoms with Crippen LogP contribution in [0.4, 0.5) is 31.5 Å². The van der Waals surface area contributed by atoms with Gasteiger partial charge in [-0.15, -0.1) is 0 Å². The number of nitrogens with one attached hydrogen (secondary N) is 2. The summed E-state index contributed by atoms with van der Waals surface area (Å²) in [7, 11) is 2.90. The summed E-state index contributed by atoms with van der Waals surface area (Å²) in [6.07, 6.45) is 0. The molecular weight excluding hydrogens is 390 g/mol. The van der Waals surface area contributed by atoms with Crippen LogP contribution < -0.4 is 20.1 Å². The Hall–Kier alpha value is -4.30. The highest BCUT2D eigenvalue weighted by Crippen LogP contribution is 2.40. The van der Waals surface area contributed by atoms with Crippen molar-refractivity contribution in [1.29, 1.82) is 10.5 Å². The van der Waals surface area contributed by atoms with Gasteiger partial charge >= 0.3 is 0 Å². The number of hydrogen-bond donors (Lipinski definition) is 2. The number of halogens is 2. The first kappa shape index (κ1) is 20.4. The van der Waals surface area contributed by atoms with E-state index >= 15 is 8.78 Å². The first-order valence-corrected chi connectivity index (χ1v) is 8.70. The average Bonchev–Trinajstić information content (AvgIpc) is 2.78. The molecule has 0 unspecified atom stereocenters. The van der Waals surface area contributed by atoms with Crippen LogP contribution in [0.2, 0.25) is 0 Å². The standard InChI is InChI=1S/C22H16F2N4O2/c1-29-14-8-9-17(18(10-14)30-2)28-22-20(24)16(12-26)15(11-25)19(23)21(22)27-13-6-4-3-5-7-13/h3-10,27-28H,1-2H3. The summed E-state index contributed by atoms with van der Waals surface area (Å²) < 4.78 is 40.8. The van der Waals surface area contributed by atoms with E-state index in [0.717, 1.165) is 0 Å². The van der Waals surface area contributed by atoms with E-state index < -0.39 is 22.8 Å². The summed E-state index contributed by atoms with van der Waals surface area (Å²) in [6.45, 7) is 0. The molecule has 0 saturated heterocycles. The van der Waals surface area contributed by atoms with E-state index in [0.29, 0.717) is 22.9 Å². The van der Waals surface area contributed by atoms with Crippen molar-refractivity contribution < 1.29 is 18.3 Å². The molecule has 0 radical (unpaired) electrons. The Morgan fingerprint density at radius 3 is 1.93 bits per heavy atom. The van der Waals surface area contributed by atoms with Crippen molar-refractivity contribution in [2.75, 3.05) is 24.9 Å². The van der Waals surface area contributed by atoms with Crippen LogP contribution in [0.25, 0.3) is 0 Å². The predicted octanol–water partition coefficient (Wildman–Crippen LogP) is 5.21. The van der Waals surface area contributed by atoms with Gasteiger partial charge in [-0.25, -0.2) is 8.78 Å². The SMILES string of the molecule is COc1ccc(Nc2c(F)c(C#N)c(C#N)c(F)c2Nc2ccccc2)c(OC)c1. The number of hydrogen-bond acceptors (Lipinski definition) is 6. The first-order valence-electron chi connectivity index (χ1n) is 8.70. The van der Waals surface area contributed by atoms with E-state index in [-0.39, 0.29) is 11.4 Å². The number of rotatable bonds is 6. The van der Waals surface area contributed by atoms with Crippen LogP contribution >= 0.6 is 0 Å². The summed E-state index contributed by atoms with van der Waals surface area (Å²) in [5.74, 6) is -1.30. The Balaban J connectivity index is 2.21. The Kier molecular flexibility index (Phi) is 6.00. The number of nitrogens with zero attached hydrogens (tertiary/aromatic N) is 2. The second kappa shape index (κ2) is 8.80. The second-order valence-corrected chi connectivity index (χ2v) is 6.03. The van der Waals surface area contributed by atoms with Gasteiger partial charge in [0.05, 0.1) is 19.9 Å². The number of para-hydroxylation sites is 1. The topological polar surface area (TPSA) is 90.1 Å². The molecule has 0 amide bonds. The smallest absolute Gasteiger partial charge is 0.168 e. The normalized spacial score (nSPS) is 9.93. The third-order valence-electron chi connectivity index (χ3n) is 4.31. The summed E-state index contributed by atoms with van der Waals surface area (Å²) in [6, 6.07) is 16.4. The molecule has 0 aliphatic carbocycles. The minimum Gasteiger partial charge on any atom is -0.497 e. The highest BCUT2D eigenvalue weighted by atomic mass is 19.1. The molecule has 0 aliphatic heterocycles. The van der Waals surface area contributed by atoms with Gasteiger partial charge in [-0.1, -0.05) is 18.2 Å².